The van der Waals surface area contributed by atoms with Gasteiger partial charge in [0.05, 0.1) is 23.8 Å². The first-order valence-corrected chi connectivity index (χ1v) is 7.07. The molecule has 22 heavy (non-hydrogen) atoms. The molecule has 0 spiro atoms. The van der Waals surface area contributed by atoms with Crippen LogP contribution in [-0.2, 0) is 11.3 Å². The van der Waals surface area contributed by atoms with Crippen LogP contribution in [0.1, 0.15) is 31.9 Å². The molecule has 0 aliphatic carbocycles. The summed E-state index contributed by atoms with van der Waals surface area (Å²) >= 11 is 0. The van der Waals surface area contributed by atoms with E-state index in [1.165, 1.54) is 0 Å². The van der Waals surface area contributed by atoms with Gasteiger partial charge in [-0.3, -0.25) is 0 Å². The lowest BCUT2D eigenvalue weighted by Crippen LogP contribution is -2.45. The third kappa shape index (κ3) is 7.61. The Labute approximate surface area is 150 Å². The molecule has 1 aromatic carbocycles. The fourth-order valence-corrected chi connectivity index (χ4v) is 1.62. The third-order valence-electron chi connectivity index (χ3n) is 3.05. The maximum atomic E-state index is 8.90. The van der Waals surface area contributed by atoms with Gasteiger partial charge < -0.3 is 15.4 Å². The summed E-state index contributed by atoms with van der Waals surface area (Å²) in [6, 6.07) is 9.62. The molecular weight excluding hydrogens is 391 g/mol. The van der Waals surface area contributed by atoms with Crippen LogP contribution in [0.5, 0.6) is 0 Å². The number of methoxy groups -OCH3 is 1. The molecule has 0 aromatic heterocycles. The normalized spacial score (nSPS) is 11.3. The highest BCUT2D eigenvalue weighted by Crippen LogP contribution is 2.06. The van der Waals surface area contributed by atoms with Crippen molar-refractivity contribution in [1.82, 2.24) is 10.6 Å². The average molecular weight is 416 g/mol. The molecule has 0 saturated carbocycles. The maximum Gasteiger partial charge on any atom is 0.191 e. The molecule has 0 aliphatic heterocycles. The molecule has 6 heteroatoms. The zero-order valence-electron chi connectivity index (χ0n) is 13.6. The van der Waals surface area contributed by atoms with Crippen LogP contribution in [0.25, 0.3) is 0 Å². The Morgan fingerprint density at radius 3 is 2.68 bits per heavy atom. The highest BCUT2D eigenvalue weighted by molar-refractivity contribution is 14.0. The standard InChI is InChI=1S/C16H24N4O.HI/c1-5-18-15(20-12-16(2,3)21-4)19-11-14-8-6-7-13(9-14)10-17;/h6-9H,5,11-12H2,1-4H3,(H2,18,19,20);1H. The van der Waals surface area contributed by atoms with Gasteiger partial charge in [0, 0.05) is 20.2 Å². The van der Waals surface area contributed by atoms with E-state index in [4.69, 9.17) is 10.00 Å². The maximum absolute atomic E-state index is 8.90. The molecule has 2 N–H and O–H groups in total. The molecule has 1 aromatic rings. The first-order valence-electron chi connectivity index (χ1n) is 7.07. The molecule has 1 rings (SSSR count). The predicted octanol–water partition coefficient (Wildman–Crippen LogP) is 2.66. The van der Waals surface area contributed by atoms with Crippen LogP contribution in [0.15, 0.2) is 29.3 Å². The predicted molar refractivity (Wildman–Crippen MR) is 100 cm³/mol. The molecule has 0 unspecified atom stereocenters. The van der Waals surface area contributed by atoms with Crippen molar-refractivity contribution in [2.45, 2.75) is 32.9 Å². The van der Waals surface area contributed by atoms with E-state index in [1.807, 2.05) is 39.0 Å². The van der Waals surface area contributed by atoms with Crippen LogP contribution < -0.4 is 10.6 Å². The van der Waals surface area contributed by atoms with Crippen molar-refractivity contribution >= 4 is 29.9 Å². The summed E-state index contributed by atoms with van der Waals surface area (Å²) in [4.78, 5) is 4.53. The zero-order chi connectivity index (χ0) is 15.7. The van der Waals surface area contributed by atoms with Gasteiger partial charge in [-0.25, -0.2) is 4.99 Å². The molecule has 0 atom stereocenters. The van der Waals surface area contributed by atoms with Crippen LogP contribution in [0.4, 0.5) is 0 Å². The minimum atomic E-state index is -0.253. The second-order valence-electron chi connectivity index (χ2n) is 5.32. The van der Waals surface area contributed by atoms with Crippen molar-refractivity contribution in [3.8, 4) is 6.07 Å². The number of benzene rings is 1. The fourth-order valence-electron chi connectivity index (χ4n) is 1.62. The molecule has 0 bridgehead atoms. The van der Waals surface area contributed by atoms with E-state index in [-0.39, 0.29) is 29.6 Å². The number of aliphatic imine (C=N–C) groups is 1. The lowest BCUT2D eigenvalue weighted by Gasteiger charge is -2.24. The molecule has 5 nitrogen and oxygen atoms in total. The molecular formula is C16H25IN4O. The summed E-state index contributed by atoms with van der Waals surface area (Å²) in [5, 5.41) is 15.4. The second kappa shape index (κ2) is 10.4. The Kier molecular flexibility index (Phi) is 9.78. The number of ether oxygens (including phenoxy) is 1. The van der Waals surface area contributed by atoms with Gasteiger partial charge in [0.15, 0.2) is 5.96 Å². The number of hydrogen-bond donors (Lipinski definition) is 2. The van der Waals surface area contributed by atoms with Crippen molar-refractivity contribution in [3.05, 3.63) is 35.4 Å². The molecule has 0 fully saturated rings. The number of nitriles is 1. The molecule has 122 valence electrons. The van der Waals surface area contributed by atoms with E-state index in [9.17, 15) is 0 Å². The van der Waals surface area contributed by atoms with Gasteiger partial charge in [-0.05, 0) is 38.5 Å². The Balaban J connectivity index is 0.00000441. The summed E-state index contributed by atoms with van der Waals surface area (Å²) < 4.78 is 5.38. The molecule has 0 radical (unpaired) electrons. The van der Waals surface area contributed by atoms with Gasteiger partial charge in [0.1, 0.15) is 0 Å². The summed E-state index contributed by atoms with van der Waals surface area (Å²) in [7, 11) is 1.69. The SMILES string of the molecule is CCNC(=NCc1cccc(C#N)c1)NCC(C)(C)OC.I. The topological polar surface area (TPSA) is 69.4 Å². The van der Waals surface area contributed by atoms with E-state index in [1.54, 1.807) is 13.2 Å². The third-order valence-corrected chi connectivity index (χ3v) is 3.05. The van der Waals surface area contributed by atoms with Crippen LogP contribution in [-0.4, -0.2) is 31.8 Å². The van der Waals surface area contributed by atoms with Gasteiger partial charge in [0.25, 0.3) is 0 Å². The largest absolute Gasteiger partial charge is 0.377 e. The number of rotatable bonds is 6. The highest BCUT2D eigenvalue weighted by atomic mass is 127. The number of halogens is 1. The monoisotopic (exact) mass is 416 g/mol. The van der Waals surface area contributed by atoms with Gasteiger partial charge in [-0.1, -0.05) is 12.1 Å². The minimum Gasteiger partial charge on any atom is -0.377 e. The summed E-state index contributed by atoms with van der Waals surface area (Å²) in [6.07, 6.45) is 0. The van der Waals surface area contributed by atoms with Crippen molar-refractivity contribution in [2.24, 2.45) is 4.99 Å². The van der Waals surface area contributed by atoms with Gasteiger partial charge >= 0.3 is 0 Å². The summed E-state index contributed by atoms with van der Waals surface area (Å²) in [6.45, 7) is 8.03. The Morgan fingerprint density at radius 1 is 1.36 bits per heavy atom. The van der Waals surface area contributed by atoms with Crippen molar-refractivity contribution in [3.63, 3.8) is 0 Å². The van der Waals surface area contributed by atoms with E-state index >= 15 is 0 Å². The van der Waals surface area contributed by atoms with E-state index in [0.29, 0.717) is 18.7 Å². The van der Waals surface area contributed by atoms with Crippen LogP contribution in [0.3, 0.4) is 0 Å². The zero-order valence-corrected chi connectivity index (χ0v) is 16.0. The molecule has 0 saturated heterocycles. The quantitative estimate of drug-likeness (QED) is 0.425. The van der Waals surface area contributed by atoms with Crippen LogP contribution >= 0.6 is 24.0 Å². The number of nitrogens with one attached hydrogen (secondary N) is 2. The summed E-state index contributed by atoms with van der Waals surface area (Å²) in [5.41, 5.74) is 1.41. The number of hydrogen-bond acceptors (Lipinski definition) is 3. The van der Waals surface area contributed by atoms with E-state index < -0.39 is 0 Å². The first kappa shape index (κ1) is 20.7. The van der Waals surface area contributed by atoms with Gasteiger partial charge in [-0.15, -0.1) is 24.0 Å². The van der Waals surface area contributed by atoms with Gasteiger partial charge in [-0.2, -0.15) is 5.26 Å². The van der Waals surface area contributed by atoms with E-state index in [0.717, 1.165) is 18.1 Å². The smallest absolute Gasteiger partial charge is 0.191 e. The fraction of sp³-hybridized carbons (Fsp3) is 0.500. The highest BCUT2D eigenvalue weighted by Gasteiger charge is 2.16. The average Bonchev–Trinajstić information content (AvgIpc) is 2.50. The van der Waals surface area contributed by atoms with Crippen molar-refractivity contribution < 1.29 is 4.74 Å². The summed E-state index contributed by atoms with van der Waals surface area (Å²) in [5.74, 6) is 0.741. The van der Waals surface area contributed by atoms with E-state index in [2.05, 4.69) is 21.7 Å². The van der Waals surface area contributed by atoms with Crippen molar-refractivity contribution in [2.75, 3.05) is 20.2 Å². The first-order chi connectivity index (χ1) is 10.0. The molecule has 0 aliphatic rings. The number of guanidine groups is 1. The van der Waals surface area contributed by atoms with Crippen LogP contribution in [0.2, 0.25) is 0 Å². The Morgan fingerprint density at radius 2 is 2.09 bits per heavy atom. The van der Waals surface area contributed by atoms with Crippen LogP contribution in [0, 0.1) is 11.3 Å². The second-order valence-corrected chi connectivity index (χ2v) is 5.32. The number of nitrogens with zero attached hydrogens (tertiary/aromatic N) is 2. The minimum absolute atomic E-state index is 0. The molecule has 0 heterocycles. The molecule has 0 amide bonds. The Hall–Kier alpha value is -1.33. The lowest BCUT2D eigenvalue weighted by molar-refractivity contribution is 0.0268. The van der Waals surface area contributed by atoms with Gasteiger partial charge in [0.2, 0.25) is 0 Å². The Bertz CT molecular complexity index is 523. The van der Waals surface area contributed by atoms with Crippen molar-refractivity contribution in [1.29, 1.82) is 5.26 Å². The lowest BCUT2D eigenvalue weighted by atomic mass is 10.1.